The quantitative estimate of drug-likeness (QED) is 0.736. The molecule has 174 valence electrons. The van der Waals surface area contributed by atoms with Gasteiger partial charge in [-0.05, 0) is 37.3 Å². The molecule has 32 heavy (non-hydrogen) atoms. The van der Waals surface area contributed by atoms with E-state index in [1.54, 1.807) is 13.1 Å². The van der Waals surface area contributed by atoms with Crippen LogP contribution in [0.2, 0.25) is 0 Å². The van der Waals surface area contributed by atoms with E-state index in [1.807, 2.05) is 23.2 Å². The second-order valence-electron chi connectivity index (χ2n) is 8.06. The molecule has 1 aliphatic carbocycles. The maximum absolute atomic E-state index is 12.7. The van der Waals surface area contributed by atoms with E-state index in [0.29, 0.717) is 30.6 Å². The maximum Gasteiger partial charge on any atom is 0.490 e. The summed E-state index contributed by atoms with van der Waals surface area (Å²) in [6.07, 6.45) is 3.35. The van der Waals surface area contributed by atoms with Gasteiger partial charge < -0.3 is 19.2 Å². The van der Waals surface area contributed by atoms with Crippen LogP contribution in [-0.2, 0) is 16.1 Å². The monoisotopic (exact) mass is 455 g/mol. The summed E-state index contributed by atoms with van der Waals surface area (Å²) in [5, 5.41) is 7.12. The zero-order chi connectivity index (χ0) is 23.4. The number of hydrogen-bond donors (Lipinski definition) is 1. The average Bonchev–Trinajstić information content (AvgIpc) is 3.42. The van der Waals surface area contributed by atoms with Gasteiger partial charge >= 0.3 is 12.1 Å². The number of nitrogens with zero attached hydrogens (tertiary/aromatic N) is 3. The van der Waals surface area contributed by atoms with Crippen molar-refractivity contribution in [1.29, 1.82) is 0 Å². The minimum absolute atomic E-state index is 0.0453. The second kappa shape index (κ2) is 9.68. The van der Waals surface area contributed by atoms with Crippen LogP contribution in [0.25, 0.3) is 0 Å². The van der Waals surface area contributed by atoms with E-state index in [9.17, 15) is 18.0 Å². The number of carbonyl (C=O) groups is 2. The minimum atomic E-state index is -5.08. The van der Waals surface area contributed by atoms with E-state index in [0.717, 1.165) is 31.5 Å². The highest BCUT2D eigenvalue weighted by Crippen LogP contribution is 2.49. The number of carboxylic acids is 1. The summed E-state index contributed by atoms with van der Waals surface area (Å²) >= 11 is 0. The molecule has 1 aliphatic heterocycles. The zero-order valence-corrected chi connectivity index (χ0v) is 17.5. The number of halogens is 3. The Labute approximate surface area is 182 Å². The molecule has 0 radical (unpaired) electrons. The number of fused-ring (bicyclic) bond motifs is 1. The zero-order valence-electron chi connectivity index (χ0n) is 17.5. The molecule has 11 heteroatoms. The van der Waals surface area contributed by atoms with Crippen LogP contribution >= 0.6 is 0 Å². The summed E-state index contributed by atoms with van der Waals surface area (Å²) in [4.78, 5) is 31.7. The molecule has 1 amide bonds. The number of carboxylic acid groups (broad SMARTS) is 1. The van der Waals surface area contributed by atoms with Crippen molar-refractivity contribution in [2.45, 2.75) is 39.0 Å². The number of pyridine rings is 1. The molecule has 3 heterocycles. The summed E-state index contributed by atoms with van der Waals surface area (Å²) in [5.41, 5.74) is 1.81. The SMILES string of the molecule is Cc1ncoc1C(=O)N1C[C@H]2CCC[C@@]2(COCc2cccnc2)C1.O=C(O)C(F)(F)F. The average molecular weight is 455 g/mol. The Morgan fingerprint density at radius 1 is 1.41 bits per heavy atom. The lowest BCUT2D eigenvalue weighted by atomic mass is 9.81. The van der Waals surface area contributed by atoms with E-state index < -0.39 is 12.1 Å². The van der Waals surface area contributed by atoms with E-state index in [4.69, 9.17) is 19.1 Å². The fraction of sp³-hybridized carbons (Fsp3) is 0.524. The van der Waals surface area contributed by atoms with Crippen LogP contribution in [0.4, 0.5) is 13.2 Å². The molecular weight excluding hydrogens is 431 g/mol. The third kappa shape index (κ3) is 5.45. The molecule has 1 saturated heterocycles. The molecule has 0 aromatic carbocycles. The summed E-state index contributed by atoms with van der Waals surface area (Å²) in [7, 11) is 0. The van der Waals surface area contributed by atoms with E-state index in [2.05, 4.69) is 9.97 Å². The van der Waals surface area contributed by atoms with Crippen LogP contribution < -0.4 is 0 Å². The van der Waals surface area contributed by atoms with Gasteiger partial charge in [0.05, 0.1) is 18.9 Å². The first-order valence-electron chi connectivity index (χ1n) is 10.1. The molecule has 2 aliphatic rings. The normalized spacial score (nSPS) is 22.2. The first-order chi connectivity index (χ1) is 15.1. The highest BCUT2D eigenvalue weighted by molar-refractivity contribution is 5.92. The Hall–Kier alpha value is -2.95. The molecular formula is C21H24F3N3O5. The van der Waals surface area contributed by atoms with Crippen molar-refractivity contribution in [2.24, 2.45) is 11.3 Å². The van der Waals surface area contributed by atoms with Crippen LogP contribution in [0.5, 0.6) is 0 Å². The molecule has 0 spiro atoms. The molecule has 0 unspecified atom stereocenters. The van der Waals surface area contributed by atoms with Crippen LogP contribution in [-0.4, -0.2) is 57.7 Å². The number of likely N-dealkylation sites (tertiary alicyclic amines) is 1. The van der Waals surface area contributed by atoms with Crippen LogP contribution in [0, 0.1) is 18.3 Å². The largest absolute Gasteiger partial charge is 0.490 e. The maximum atomic E-state index is 12.7. The topological polar surface area (TPSA) is 106 Å². The molecule has 8 nitrogen and oxygen atoms in total. The van der Waals surface area contributed by atoms with Crippen molar-refractivity contribution in [3.8, 4) is 0 Å². The van der Waals surface area contributed by atoms with Gasteiger partial charge in [-0.2, -0.15) is 13.2 Å². The molecule has 2 aromatic rings. The molecule has 4 rings (SSSR count). The predicted molar refractivity (Wildman–Crippen MR) is 105 cm³/mol. The number of rotatable bonds is 5. The van der Waals surface area contributed by atoms with Crippen molar-refractivity contribution in [2.75, 3.05) is 19.7 Å². The number of ether oxygens (including phenoxy) is 1. The number of amides is 1. The third-order valence-corrected chi connectivity index (χ3v) is 5.89. The summed E-state index contributed by atoms with van der Waals surface area (Å²) < 4.78 is 43.1. The van der Waals surface area contributed by atoms with Crippen LogP contribution in [0.15, 0.2) is 35.3 Å². The van der Waals surface area contributed by atoms with Crippen LogP contribution in [0.3, 0.4) is 0 Å². The molecule has 0 bridgehead atoms. The Balaban J connectivity index is 0.000000360. The predicted octanol–water partition coefficient (Wildman–Crippen LogP) is 3.47. The molecule has 2 atom stereocenters. The van der Waals surface area contributed by atoms with Crippen LogP contribution in [0.1, 0.15) is 41.1 Å². The highest BCUT2D eigenvalue weighted by Gasteiger charge is 2.51. The first-order valence-corrected chi connectivity index (χ1v) is 10.1. The van der Waals surface area contributed by atoms with Crippen molar-refractivity contribution in [3.05, 3.63) is 47.9 Å². The van der Waals surface area contributed by atoms with Gasteiger partial charge in [0.2, 0.25) is 5.76 Å². The lowest BCUT2D eigenvalue weighted by molar-refractivity contribution is -0.192. The number of alkyl halides is 3. The van der Waals surface area contributed by atoms with Gasteiger partial charge in [0.1, 0.15) is 0 Å². The Bertz CT molecular complexity index is 934. The molecule has 2 aromatic heterocycles. The fourth-order valence-corrected chi connectivity index (χ4v) is 4.31. The summed E-state index contributed by atoms with van der Waals surface area (Å²) in [5.74, 6) is -1.93. The van der Waals surface area contributed by atoms with Crippen molar-refractivity contribution >= 4 is 11.9 Å². The van der Waals surface area contributed by atoms with E-state index in [1.165, 1.54) is 12.8 Å². The molecule has 1 saturated carbocycles. The van der Waals surface area contributed by atoms with Gasteiger partial charge in [-0.25, -0.2) is 9.78 Å². The number of aromatic nitrogens is 2. The van der Waals surface area contributed by atoms with Crippen molar-refractivity contribution in [3.63, 3.8) is 0 Å². The molecule has 2 fully saturated rings. The van der Waals surface area contributed by atoms with Crippen molar-refractivity contribution in [1.82, 2.24) is 14.9 Å². The lowest BCUT2D eigenvalue weighted by Gasteiger charge is -2.28. The van der Waals surface area contributed by atoms with Gasteiger partial charge in [0.15, 0.2) is 6.39 Å². The van der Waals surface area contributed by atoms with Gasteiger partial charge in [-0.3, -0.25) is 9.78 Å². The number of carbonyl (C=O) groups excluding carboxylic acids is 1. The second-order valence-corrected chi connectivity index (χ2v) is 8.06. The van der Waals surface area contributed by atoms with Gasteiger partial charge in [0.25, 0.3) is 5.91 Å². The Morgan fingerprint density at radius 3 is 2.75 bits per heavy atom. The lowest BCUT2D eigenvalue weighted by Crippen LogP contribution is -2.34. The van der Waals surface area contributed by atoms with E-state index in [-0.39, 0.29) is 11.3 Å². The number of aryl methyl sites for hydroxylation is 1. The van der Waals surface area contributed by atoms with E-state index >= 15 is 0 Å². The Morgan fingerprint density at radius 2 is 2.16 bits per heavy atom. The highest BCUT2D eigenvalue weighted by atomic mass is 19.4. The fourth-order valence-electron chi connectivity index (χ4n) is 4.31. The number of aliphatic carboxylic acids is 1. The Kier molecular flexibility index (Phi) is 7.17. The third-order valence-electron chi connectivity index (χ3n) is 5.89. The van der Waals surface area contributed by atoms with Gasteiger partial charge in [-0.1, -0.05) is 12.5 Å². The standard InChI is InChI=1S/C19H23N3O3.C2HF3O2/c1-14-17(25-13-21-14)18(23)22-9-16-5-2-6-19(16,11-22)12-24-10-15-4-3-7-20-8-15;3-2(4,5)1(6)7/h3-4,7-8,13,16H,2,5-6,9-12H2,1H3;(H,6,7)/t16-,19+;/m1./s1. The number of oxazole rings is 1. The minimum Gasteiger partial charge on any atom is -0.475 e. The van der Waals surface area contributed by atoms with Gasteiger partial charge in [-0.15, -0.1) is 0 Å². The number of hydrogen-bond acceptors (Lipinski definition) is 6. The summed E-state index contributed by atoms with van der Waals surface area (Å²) in [6, 6.07) is 3.94. The smallest absolute Gasteiger partial charge is 0.475 e. The van der Waals surface area contributed by atoms with Gasteiger partial charge in [0, 0.05) is 30.9 Å². The molecule has 1 N–H and O–H groups in total. The van der Waals surface area contributed by atoms with Crippen molar-refractivity contribution < 1.29 is 37.0 Å². The first kappa shape index (κ1) is 23.7. The summed E-state index contributed by atoms with van der Waals surface area (Å²) in [6.45, 7) is 4.59.